The van der Waals surface area contributed by atoms with Gasteiger partial charge in [-0.25, -0.2) is 0 Å². The van der Waals surface area contributed by atoms with Gasteiger partial charge in [-0.1, -0.05) is 41.9 Å². The van der Waals surface area contributed by atoms with Crippen molar-refractivity contribution in [1.82, 2.24) is 4.90 Å². The van der Waals surface area contributed by atoms with E-state index >= 15 is 0 Å². The molecule has 1 amide bonds. The summed E-state index contributed by atoms with van der Waals surface area (Å²) in [6, 6.07) is 14.0. The maximum atomic E-state index is 13.3. The summed E-state index contributed by atoms with van der Waals surface area (Å²) in [7, 11) is 5.30. The highest BCUT2D eigenvalue weighted by Gasteiger charge is 2.38. The Kier molecular flexibility index (Phi) is 4.51. The molecule has 0 saturated carbocycles. The minimum Gasteiger partial charge on any atom is -0.373 e. The standard InChI is InChI=1S/C20H19BN2O3/c1-12(24)23(14-8-6-7-13(21)11-14)18-17(22(2)3)19(25)15-9-4-5-10-16(15)20(18)26/h4-11H,21H2,1-3H3. The smallest absolute Gasteiger partial charge is 0.228 e. The quantitative estimate of drug-likeness (QED) is 0.783. The molecule has 130 valence electrons. The van der Waals surface area contributed by atoms with Crippen molar-refractivity contribution in [2.45, 2.75) is 6.92 Å². The van der Waals surface area contributed by atoms with E-state index in [-0.39, 0.29) is 28.9 Å². The van der Waals surface area contributed by atoms with E-state index in [1.54, 1.807) is 49.3 Å². The molecule has 3 rings (SSSR count). The molecule has 2 aromatic carbocycles. The topological polar surface area (TPSA) is 57.7 Å². The summed E-state index contributed by atoms with van der Waals surface area (Å²) in [5, 5.41) is 0. The Hall–Kier alpha value is -3.15. The molecular weight excluding hydrogens is 327 g/mol. The normalized spacial score (nSPS) is 13.5. The third-order valence-electron chi connectivity index (χ3n) is 4.32. The third kappa shape index (κ3) is 2.83. The fraction of sp³-hybridized carbons (Fsp3) is 0.150. The number of benzene rings is 2. The number of carbonyl (C=O) groups excluding carboxylic acids is 3. The summed E-state index contributed by atoms with van der Waals surface area (Å²) in [6.07, 6.45) is 0. The zero-order valence-electron chi connectivity index (χ0n) is 15.2. The van der Waals surface area contributed by atoms with Crippen molar-refractivity contribution >= 4 is 36.5 Å². The second-order valence-electron chi connectivity index (χ2n) is 6.49. The molecule has 0 heterocycles. The number of ketones is 2. The number of hydrogen-bond acceptors (Lipinski definition) is 4. The zero-order valence-corrected chi connectivity index (χ0v) is 15.2. The number of rotatable bonds is 3. The first-order chi connectivity index (χ1) is 12.3. The number of Topliss-reactive ketones (excluding diaryl/α,β-unsaturated/α-hetero) is 2. The number of hydrogen-bond donors (Lipinski definition) is 0. The van der Waals surface area contributed by atoms with E-state index < -0.39 is 0 Å². The first-order valence-electron chi connectivity index (χ1n) is 8.30. The molecule has 5 nitrogen and oxygen atoms in total. The SMILES string of the molecule is Bc1cccc(N(C(C)=O)C2=C(N(C)C)C(=O)c3ccccc3C2=O)c1. The van der Waals surface area contributed by atoms with Gasteiger partial charge in [-0.15, -0.1) is 0 Å². The molecule has 6 heteroatoms. The molecule has 0 unspecified atom stereocenters. The summed E-state index contributed by atoms with van der Waals surface area (Å²) < 4.78 is 0. The van der Waals surface area contributed by atoms with Gasteiger partial charge in [0, 0.05) is 37.8 Å². The predicted molar refractivity (Wildman–Crippen MR) is 104 cm³/mol. The molecule has 0 radical (unpaired) electrons. The zero-order chi connectivity index (χ0) is 19.0. The van der Waals surface area contributed by atoms with Crippen LogP contribution in [0, 0.1) is 0 Å². The van der Waals surface area contributed by atoms with Crippen molar-refractivity contribution in [3.05, 3.63) is 71.1 Å². The van der Waals surface area contributed by atoms with Gasteiger partial charge in [0.15, 0.2) is 0 Å². The number of fused-ring (bicyclic) bond motifs is 1. The van der Waals surface area contributed by atoms with Gasteiger partial charge >= 0.3 is 0 Å². The second-order valence-corrected chi connectivity index (χ2v) is 6.49. The molecule has 1 aliphatic rings. The predicted octanol–water partition coefficient (Wildman–Crippen LogP) is 1.15. The van der Waals surface area contributed by atoms with Crippen molar-refractivity contribution in [3.63, 3.8) is 0 Å². The molecule has 0 saturated heterocycles. The first-order valence-corrected chi connectivity index (χ1v) is 8.30. The minimum atomic E-state index is -0.333. The van der Waals surface area contributed by atoms with Crippen LogP contribution in [-0.2, 0) is 4.79 Å². The van der Waals surface area contributed by atoms with E-state index in [9.17, 15) is 14.4 Å². The van der Waals surface area contributed by atoms with Gasteiger partial charge in [0.05, 0.1) is 0 Å². The first kappa shape index (κ1) is 17.7. The molecule has 0 aliphatic heterocycles. The lowest BCUT2D eigenvalue weighted by Gasteiger charge is -2.32. The van der Waals surface area contributed by atoms with E-state index in [1.165, 1.54) is 11.8 Å². The molecule has 2 aromatic rings. The molecule has 0 aromatic heterocycles. The number of amides is 1. The summed E-state index contributed by atoms with van der Waals surface area (Å²) in [5.74, 6) is -0.926. The Morgan fingerprint density at radius 3 is 1.96 bits per heavy atom. The fourth-order valence-electron chi connectivity index (χ4n) is 3.21. The Balaban J connectivity index is 2.30. The van der Waals surface area contributed by atoms with Gasteiger partial charge in [-0.3, -0.25) is 19.3 Å². The van der Waals surface area contributed by atoms with Crippen LogP contribution in [0.2, 0.25) is 0 Å². The lowest BCUT2D eigenvalue weighted by molar-refractivity contribution is -0.116. The van der Waals surface area contributed by atoms with Crippen molar-refractivity contribution < 1.29 is 14.4 Å². The average molecular weight is 346 g/mol. The highest BCUT2D eigenvalue weighted by Crippen LogP contribution is 2.32. The largest absolute Gasteiger partial charge is 0.373 e. The number of anilines is 1. The number of likely N-dealkylation sites (N-methyl/N-ethyl adjacent to an activating group) is 1. The van der Waals surface area contributed by atoms with E-state index in [0.717, 1.165) is 5.46 Å². The van der Waals surface area contributed by atoms with Gasteiger partial charge < -0.3 is 4.90 Å². The van der Waals surface area contributed by atoms with Gasteiger partial charge in [-0.2, -0.15) is 0 Å². The summed E-state index contributed by atoms with van der Waals surface area (Å²) >= 11 is 0. The van der Waals surface area contributed by atoms with E-state index in [2.05, 4.69) is 0 Å². The maximum absolute atomic E-state index is 13.3. The van der Waals surface area contributed by atoms with Crippen molar-refractivity contribution in [2.24, 2.45) is 0 Å². The van der Waals surface area contributed by atoms with E-state index in [4.69, 9.17) is 0 Å². The molecule has 0 bridgehead atoms. The summed E-state index contributed by atoms with van der Waals surface area (Å²) in [4.78, 5) is 41.7. The van der Waals surface area contributed by atoms with Crippen LogP contribution in [0.4, 0.5) is 5.69 Å². The lowest BCUT2D eigenvalue weighted by Crippen LogP contribution is -2.40. The Labute approximate surface area is 153 Å². The Morgan fingerprint density at radius 2 is 1.46 bits per heavy atom. The fourth-order valence-corrected chi connectivity index (χ4v) is 3.21. The van der Waals surface area contributed by atoms with Crippen molar-refractivity contribution in [1.29, 1.82) is 0 Å². The van der Waals surface area contributed by atoms with Crippen LogP contribution in [0.3, 0.4) is 0 Å². The van der Waals surface area contributed by atoms with Gasteiger partial charge in [0.1, 0.15) is 19.2 Å². The molecule has 0 N–H and O–H groups in total. The monoisotopic (exact) mass is 346 g/mol. The average Bonchev–Trinajstić information content (AvgIpc) is 2.59. The second kappa shape index (κ2) is 6.63. The van der Waals surface area contributed by atoms with Gasteiger partial charge in [0.2, 0.25) is 17.5 Å². The van der Waals surface area contributed by atoms with Crippen molar-refractivity contribution in [3.8, 4) is 0 Å². The van der Waals surface area contributed by atoms with Crippen LogP contribution < -0.4 is 10.4 Å². The molecule has 0 atom stereocenters. The third-order valence-corrected chi connectivity index (χ3v) is 4.32. The van der Waals surface area contributed by atoms with Crippen molar-refractivity contribution in [2.75, 3.05) is 19.0 Å². The summed E-state index contributed by atoms with van der Waals surface area (Å²) in [6.45, 7) is 1.39. The van der Waals surface area contributed by atoms with Gasteiger partial charge in [0.25, 0.3) is 0 Å². The molecule has 1 aliphatic carbocycles. The van der Waals surface area contributed by atoms with Crippen LogP contribution >= 0.6 is 0 Å². The van der Waals surface area contributed by atoms with Gasteiger partial charge in [-0.05, 0) is 12.1 Å². The number of allylic oxidation sites excluding steroid dienone is 2. The molecule has 26 heavy (non-hydrogen) atoms. The summed E-state index contributed by atoms with van der Waals surface area (Å²) in [5.41, 5.74) is 2.50. The maximum Gasteiger partial charge on any atom is 0.228 e. The highest BCUT2D eigenvalue weighted by atomic mass is 16.2. The highest BCUT2D eigenvalue weighted by molar-refractivity contribution is 6.33. The lowest BCUT2D eigenvalue weighted by atomic mass is 9.88. The van der Waals surface area contributed by atoms with Crippen LogP contribution in [0.25, 0.3) is 0 Å². The molecule has 0 fully saturated rings. The number of nitrogens with zero attached hydrogens (tertiary/aromatic N) is 2. The Morgan fingerprint density at radius 1 is 0.885 bits per heavy atom. The minimum absolute atomic E-state index is 0.0943. The van der Waals surface area contributed by atoms with Crippen LogP contribution in [-0.4, -0.2) is 44.3 Å². The number of carbonyl (C=O) groups is 3. The van der Waals surface area contributed by atoms with Crippen LogP contribution in [0.15, 0.2) is 59.9 Å². The van der Waals surface area contributed by atoms with E-state index in [1.807, 2.05) is 26.0 Å². The van der Waals surface area contributed by atoms with Crippen LogP contribution in [0.5, 0.6) is 0 Å². The van der Waals surface area contributed by atoms with E-state index in [0.29, 0.717) is 16.8 Å². The molecule has 0 spiro atoms. The van der Waals surface area contributed by atoms with Crippen LogP contribution in [0.1, 0.15) is 27.6 Å². The molecular formula is C20H19BN2O3. The Bertz CT molecular complexity index is 963.